The summed E-state index contributed by atoms with van der Waals surface area (Å²) in [7, 11) is 4.00. The third kappa shape index (κ3) is 4.65. The summed E-state index contributed by atoms with van der Waals surface area (Å²) in [6.07, 6.45) is 4.08. The predicted octanol–water partition coefficient (Wildman–Crippen LogP) is 5.00. The van der Waals surface area contributed by atoms with Gasteiger partial charge in [0, 0.05) is 43.7 Å². The Bertz CT molecular complexity index is 1020. The number of hydrogen-bond acceptors (Lipinski definition) is 5. The van der Waals surface area contributed by atoms with E-state index >= 15 is 0 Å². The number of hydrogen-bond donors (Lipinski definition) is 2. The molecule has 158 valence electrons. The predicted molar refractivity (Wildman–Crippen MR) is 122 cm³/mol. The number of para-hydroxylation sites is 1. The lowest BCUT2D eigenvalue weighted by Gasteiger charge is -2.30. The second kappa shape index (κ2) is 9.14. The van der Waals surface area contributed by atoms with Crippen molar-refractivity contribution in [1.82, 2.24) is 15.3 Å². The molecule has 5 nitrogen and oxygen atoms in total. The van der Waals surface area contributed by atoms with Gasteiger partial charge in [0.15, 0.2) is 0 Å². The van der Waals surface area contributed by atoms with Crippen molar-refractivity contribution in [3.05, 3.63) is 58.9 Å². The summed E-state index contributed by atoms with van der Waals surface area (Å²) in [6.45, 7) is 0.495. The average molecular weight is 428 g/mol. The van der Waals surface area contributed by atoms with Gasteiger partial charge in [-0.2, -0.15) is 4.98 Å². The van der Waals surface area contributed by atoms with Gasteiger partial charge in [0.1, 0.15) is 11.6 Å². The van der Waals surface area contributed by atoms with Crippen molar-refractivity contribution in [2.24, 2.45) is 0 Å². The summed E-state index contributed by atoms with van der Waals surface area (Å²) < 4.78 is 14.1. The maximum atomic E-state index is 14.1. The van der Waals surface area contributed by atoms with Crippen molar-refractivity contribution >= 4 is 34.3 Å². The zero-order valence-electron chi connectivity index (χ0n) is 17.3. The number of aromatic nitrogens is 2. The van der Waals surface area contributed by atoms with Crippen LogP contribution in [-0.4, -0.2) is 36.1 Å². The van der Waals surface area contributed by atoms with Crippen LogP contribution >= 0.6 is 11.6 Å². The van der Waals surface area contributed by atoms with Gasteiger partial charge in [0.2, 0.25) is 5.95 Å². The summed E-state index contributed by atoms with van der Waals surface area (Å²) in [4.78, 5) is 11.5. The molecule has 0 unspecified atom stereocenters. The molecule has 2 N–H and O–H groups in total. The molecular formula is C23H27ClFN5. The lowest BCUT2D eigenvalue weighted by atomic mass is 9.91. The van der Waals surface area contributed by atoms with Gasteiger partial charge in [-0.05, 0) is 43.9 Å². The fourth-order valence-corrected chi connectivity index (χ4v) is 4.22. The van der Waals surface area contributed by atoms with Crippen molar-refractivity contribution < 1.29 is 4.39 Å². The Balaban J connectivity index is 1.35. The second-order valence-corrected chi connectivity index (χ2v) is 8.48. The first-order valence-electron chi connectivity index (χ1n) is 10.4. The topological polar surface area (TPSA) is 53.1 Å². The Kier molecular flexibility index (Phi) is 6.35. The molecule has 4 rings (SSSR count). The van der Waals surface area contributed by atoms with Crippen LogP contribution in [-0.2, 0) is 6.54 Å². The lowest BCUT2D eigenvalue weighted by molar-refractivity contribution is 0.350. The van der Waals surface area contributed by atoms with Crippen LogP contribution < -0.4 is 15.5 Å². The van der Waals surface area contributed by atoms with E-state index in [1.807, 2.05) is 43.3 Å². The summed E-state index contributed by atoms with van der Waals surface area (Å²) in [5.41, 5.74) is 1.56. The Labute approximate surface area is 181 Å². The first-order chi connectivity index (χ1) is 14.5. The molecule has 0 saturated heterocycles. The van der Waals surface area contributed by atoms with Crippen LogP contribution in [0.1, 0.15) is 31.2 Å². The maximum absolute atomic E-state index is 14.1. The molecule has 0 bridgehead atoms. The minimum atomic E-state index is -0.327. The number of fused-ring (bicyclic) bond motifs is 1. The fourth-order valence-electron chi connectivity index (χ4n) is 4.03. The average Bonchev–Trinajstić information content (AvgIpc) is 2.75. The first-order valence-corrected chi connectivity index (χ1v) is 10.8. The van der Waals surface area contributed by atoms with Gasteiger partial charge in [0.25, 0.3) is 0 Å². The largest absolute Gasteiger partial charge is 0.362 e. The monoisotopic (exact) mass is 427 g/mol. The van der Waals surface area contributed by atoms with Crippen molar-refractivity contribution in [3.8, 4) is 0 Å². The molecule has 0 aliphatic heterocycles. The highest BCUT2D eigenvalue weighted by Crippen LogP contribution is 2.26. The lowest BCUT2D eigenvalue weighted by Crippen LogP contribution is -2.37. The molecule has 0 radical (unpaired) electrons. The minimum Gasteiger partial charge on any atom is -0.362 e. The van der Waals surface area contributed by atoms with Gasteiger partial charge in [-0.1, -0.05) is 35.9 Å². The van der Waals surface area contributed by atoms with E-state index in [4.69, 9.17) is 21.6 Å². The van der Waals surface area contributed by atoms with Gasteiger partial charge in [-0.3, -0.25) is 0 Å². The Morgan fingerprint density at radius 2 is 1.73 bits per heavy atom. The van der Waals surface area contributed by atoms with Crippen molar-refractivity contribution in [3.63, 3.8) is 0 Å². The highest BCUT2D eigenvalue weighted by molar-refractivity contribution is 6.30. The van der Waals surface area contributed by atoms with Gasteiger partial charge >= 0.3 is 0 Å². The molecule has 1 heterocycles. The molecule has 1 aliphatic rings. The molecule has 0 spiro atoms. The van der Waals surface area contributed by atoms with E-state index in [1.54, 1.807) is 18.2 Å². The van der Waals surface area contributed by atoms with E-state index in [0.717, 1.165) is 42.4 Å². The van der Waals surface area contributed by atoms with E-state index < -0.39 is 0 Å². The molecule has 0 amide bonds. The van der Waals surface area contributed by atoms with E-state index in [0.29, 0.717) is 30.1 Å². The van der Waals surface area contributed by atoms with Crippen LogP contribution in [0.5, 0.6) is 0 Å². The summed E-state index contributed by atoms with van der Waals surface area (Å²) in [5, 5.41) is 8.23. The zero-order valence-corrected chi connectivity index (χ0v) is 18.1. The number of nitrogens with zero attached hydrogens (tertiary/aromatic N) is 3. The second-order valence-electron chi connectivity index (χ2n) is 8.07. The molecule has 1 aromatic heterocycles. The van der Waals surface area contributed by atoms with Gasteiger partial charge in [0.05, 0.1) is 10.5 Å². The molecule has 30 heavy (non-hydrogen) atoms. The first kappa shape index (κ1) is 20.8. The van der Waals surface area contributed by atoms with Crippen molar-refractivity contribution in [2.45, 2.75) is 44.3 Å². The molecule has 1 fully saturated rings. The maximum Gasteiger partial charge on any atom is 0.225 e. The van der Waals surface area contributed by atoms with E-state index in [9.17, 15) is 4.39 Å². The summed E-state index contributed by atoms with van der Waals surface area (Å²) >= 11 is 5.87. The molecule has 0 atom stereocenters. The number of halogens is 2. The van der Waals surface area contributed by atoms with Crippen LogP contribution in [0.15, 0.2) is 42.5 Å². The normalized spacial score (nSPS) is 19.1. The quantitative estimate of drug-likeness (QED) is 0.579. The van der Waals surface area contributed by atoms with Crippen LogP contribution in [0, 0.1) is 5.82 Å². The van der Waals surface area contributed by atoms with Crippen molar-refractivity contribution in [1.29, 1.82) is 0 Å². The summed E-state index contributed by atoms with van der Waals surface area (Å²) in [6, 6.07) is 13.9. The molecule has 3 aromatic rings. The van der Waals surface area contributed by atoms with Crippen LogP contribution in [0.25, 0.3) is 10.9 Å². The molecule has 1 aliphatic carbocycles. The highest BCUT2D eigenvalue weighted by Gasteiger charge is 2.22. The van der Waals surface area contributed by atoms with E-state index in [-0.39, 0.29) is 10.8 Å². The van der Waals surface area contributed by atoms with Crippen molar-refractivity contribution in [2.75, 3.05) is 24.3 Å². The minimum absolute atomic E-state index is 0.176. The fraction of sp³-hybridized carbons (Fsp3) is 0.391. The standard InChI is InChI=1S/C23H27ClFN5/c1-30(2)22-18-7-3-4-9-20(18)28-23(29-22)27-17-12-10-16(11-13-17)26-14-15-6-5-8-19(24)21(15)25/h3-9,16-17,26H,10-14H2,1-2H3,(H,27,28,29). The Morgan fingerprint density at radius 3 is 2.50 bits per heavy atom. The zero-order chi connectivity index (χ0) is 21.1. The van der Waals surface area contributed by atoms with Gasteiger partial charge < -0.3 is 15.5 Å². The molecule has 1 saturated carbocycles. The van der Waals surface area contributed by atoms with Crippen LogP contribution in [0.2, 0.25) is 5.02 Å². The SMILES string of the molecule is CN(C)c1nc(NC2CCC(NCc3cccc(Cl)c3F)CC2)nc2ccccc12. The Hall–Kier alpha value is -2.44. The number of rotatable bonds is 6. The van der Waals surface area contributed by atoms with Crippen LogP contribution in [0.4, 0.5) is 16.2 Å². The number of benzene rings is 2. The number of anilines is 2. The van der Waals surface area contributed by atoms with Crippen LogP contribution in [0.3, 0.4) is 0 Å². The molecular weight excluding hydrogens is 401 g/mol. The Morgan fingerprint density at radius 1 is 1.00 bits per heavy atom. The van der Waals surface area contributed by atoms with Gasteiger partial charge in [-0.25, -0.2) is 9.37 Å². The third-order valence-electron chi connectivity index (χ3n) is 5.68. The van der Waals surface area contributed by atoms with Gasteiger partial charge in [-0.15, -0.1) is 0 Å². The number of nitrogens with one attached hydrogen (secondary N) is 2. The highest BCUT2D eigenvalue weighted by atomic mass is 35.5. The summed E-state index contributed by atoms with van der Waals surface area (Å²) in [5.74, 6) is 1.27. The molecule has 7 heteroatoms. The van der Waals surface area contributed by atoms with E-state index in [1.165, 1.54) is 0 Å². The third-order valence-corrected chi connectivity index (χ3v) is 5.97. The van der Waals surface area contributed by atoms with E-state index in [2.05, 4.69) is 10.6 Å². The smallest absolute Gasteiger partial charge is 0.225 e. The molecule has 2 aromatic carbocycles.